The molecule has 3 nitrogen and oxygen atoms in total. The van der Waals surface area contributed by atoms with E-state index in [2.05, 4.69) is 6.92 Å². The Kier molecular flexibility index (Phi) is 14.0. The normalized spacial score (nSPS) is 11.1. The van der Waals surface area contributed by atoms with Crippen LogP contribution in [-0.4, -0.2) is 6.61 Å². The number of benzene rings is 1. The van der Waals surface area contributed by atoms with Crippen molar-refractivity contribution >= 4 is 11.4 Å². The summed E-state index contributed by atoms with van der Waals surface area (Å²) in [6.07, 6.45) is 19.4. The molecule has 0 fully saturated rings. The van der Waals surface area contributed by atoms with Crippen LogP contribution < -0.4 is 11.5 Å². The molecule has 0 aromatic heterocycles. The van der Waals surface area contributed by atoms with Crippen LogP contribution >= 0.6 is 0 Å². The number of nitrogen functional groups attached to an aromatic ring is 2. The van der Waals surface area contributed by atoms with Crippen LogP contribution in [0, 0.1) is 0 Å². The zero-order valence-corrected chi connectivity index (χ0v) is 17.1. The Bertz CT molecular complexity index is 428. The molecule has 0 aliphatic heterocycles. The van der Waals surface area contributed by atoms with Crippen molar-refractivity contribution in [3.05, 3.63) is 23.8 Å². The van der Waals surface area contributed by atoms with Crippen molar-refractivity contribution in [3.8, 4) is 0 Å². The quantitative estimate of drug-likeness (QED) is 0.235. The molecule has 0 saturated heterocycles. The third-order valence-corrected chi connectivity index (χ3v) is 4.95. The molecule has 4 N–H and O–H groups in total. The van der Waals surface area contributed by atoms with Gasteiger partial charge in [-0.15, -0.1) is 0 Å². The van der Waals surface area contributed by atoms with Gasteiger partial charge >= 0.3 is 0 Å². The predicted molar refractivity (Wildman–Crippen MR) is 115 cm³/mol. The van der Waals surface area contributed by atoms with Crippen LogP contribution in [0.2, 0.25) is 0 Å². The van der Waals surface area contributed by atoms with Gasteiger partial charge in [-0.3, -0.25) is 0 Å². The zero-order chi connectivity index (χ0) is 18.9. The van der Waals surface area contributed by atoms with Gasteiger partial charge in [-0.05, 0) is 30.2 Å². The Balaban J connectivity index is 1.79. The van der Waals surface area contributed by atoms with Gasteiger partial charge in [0.25, 0.3) is 0 Å². The number of nitrogens with two attached hydrogens (primary N) is 2. The topological polar surface area (TPSA) is 61.3 Å². The number of anilines is 2. The zero-order valence-electron chi connectivity index (χ0n) is 17.1. The number of rotatable bonds is 17. The van der Waals surface area contributed by atoms with Crippen LogP contribution in [0.25, 0.3) is 0 Å². The molecule has 0 spiro atoms. The fourth-order valence-electron chi connectivity index (χ4n) is 3.42. The van der Waals surface area contributed by atoms with Crippen molar-refractivity contribution < 1.29 is 4.74 Å². The molecule has 0 bridgehead atoms. The van der Waals surface area contributed by atoms with E-state index in [0.29, 0.717) is 18.0 Å². The summed E-state index contributed by atoms with van der Waals surface area (Å²) in [6.45, 7) is 3.71. The second-order valence-corrected chi connectivity index (χ2v) is 7.66. The SMILES string of the molecule is CCCCCCCCCCCCCCCCOCc1cc(N)cc(N)c1. The fourth-order valence-corrected chi connectivity index (χ4v) is 3.42. The Hall–Kier alpha value is -1.22. The van der Waals surface area contributed by atoms with Crippen molar-refractivity contribution in [1.82, 2.24) is 0 Å². The van der Waals surface area contributed by atoms with Gasteiger partial charge in [-0.25, -0.2) is 0 Å². The van der Waals surface area contributed by atoms with E-state index >= 15 is 0 Å². The van der Waals surface area contributed by atoms with E-state index in [4.69, 9.17) is 16.2 Å². The molecule has 1 rings (SSSR count). The molecule has 0 aliphatic carbocycles. The van der Waals surface area contributed by atoms with Gasteiger partial charge in [0.15, 0.2) is 0 Å². The van der Waals surface area contributed by atoms with Crippen molar-refractivity contribution in [2.75, 3.05) is 18.1 Å². The summed E-state index contributed by atoms with van der Waals surface area (Å²) < 4.78 is 5.73. The minimum atomic E-state index is 0.605. The molecule has 1 aromatic carbocycles. The maximum atomic E-state index is 5.79. The molecule has 0 unspecified atom stereocenters. The molecule has 3 heteroatoms. The summed E-state index contributed by atoms with van der Waals surface area (Å²) in [5, 5.41) is 0. The smallest absolute Gasteiger partial charge is 0.0718 e. The molecule has 0 radical (unpaired) electrons. The Morgan fingerprint density at radius 3 is 1.50 bits per heavy atom. The van der Waals surface area contributed by atoms with E-state index in [1.165, 1.54) is 83.5 Å². The summed E-state index contributed by atoms with van der Waals surface area (Å²) in [7, 11) is 0. The first kappa shape index (κ1) is 22.8. The van der Waals surface area contributed by atoms with Gasteiger partial charge in [0.1, 0.15) is 0 Å². The second kappa shape index (κ2) is 16.0. The Morgan fingerprint density at radius 1 is 0.615 bits per heavy atom. The predicted octanol–water partition coefficient (Wildman–Crippen LogP) is 6.85. The largest absolute Gasteiger partial charge is 0.399 e. The summed E-state index contributed by atoms with van der Waals surface area (Å²) in [6, 6.07) is 5.64. The average molecular weight is 363 g/mol. The van der Waals surface area contributed by atoms with Crippen LogP contribution in [0.5, 0.6) is 0 Å². The van der Waals surface area contributed by atoms with Gasteiger partial charge in [0.2, 0.25) is 0 Å². The number of hydrogen-bond acceptors (Lipinski definition) is 3. The number of unbranched alkanes of at least 4 members (excludes halogenated alkanes) is 13. The van der Waals surface area contributed by atoms with Gasteiger partial charge in [-0.2, -0.15) is 0 Å². The number of hydrogen-bond donors (Lipinski definition) is 2. The van der Waals surface area contributed by atoms with Gasteiger partial charge < -0.3 is 16.2 Å². The lowest BCUT2D eigenvalue weighted by molar-refractivity contribution is 0.117. The molecule has 0 heterocycles. The van der Waals surface area contributed by atoms with Gasteiger partial charge in [0.05, 0.1) is 6.61 Å². The van der Waals surface area contributed by atoms with E-state index in [0.717, 1.165) is 18.6 Å². The molecule has 0 saturated carbocycles. The average Bonchev–Trinajstić information content (AvgIpc) is 2.60. The fraction of sp³-hybridized carbons (Fsp3) is 0.739. The lowest BCUT2D eigenvalue weighted by atomic mass is 10.0. The summed E-state index contributed by atoms with van der Waals surface area (Å²) >= 11 is 0. The van der Waals surface area contributed by atoms with E-state index in [9.17, 15) is 0 Å². The van der Waals surface area contributed by atoms with Gasteiger partial charge in [-0.1, -0.05) is 90.4 Å². The maximum Gasteiger partial charge on any atom is 0.0718 e. The third kappa shape index (κ3) is 13.0. The van der Waals surface area contributed by atoms with E-state index < -0.39 is 0 Å². The van der Waals surface area contributed by atoms with Crippen LogP contribution in [0.1, 0.15) is 102 Å². The first-order valence-corrected chi connectivity index (χ1v) is 10.9. The van der Waals surface area contributed by atoms with Gasteiger partial charge in [0, 0.05) is 18.0 Å². The van der Waals surface area contributed by atoms with Crippen LogP contribution in [0.3, 0.4) is 0 Å². The Morgan fingerprint density at radius 2 is 1.04 bits per heavy atom. The minimum Gasteiger partial charge on any atom is -0.399 e. The highest BCUT2D eigenvalue weighted by Gasteiger charge is 1.98. The standard InChI is InChI=1S/C23H42N2O/c1-2-3-4-5-6-7-8-9-10-11-12-13-14-15-16-26-20-21-17-22(24)19-23(25)18-21/h17-19H,2-16,20,24-25H2,1H3. The monoisotopic (exact) mass is 362 g/mol. The summed E-state index contributed by atoms with van der Waals surface area (Å²) in [4.78, 5) is 0. The highest BCUT2D eigenvalue weighted by atomic mass is 16.5. The molecular weight excluding hydrogens is 320 g/mol. The first-order chi connectivity index (χ1) is 12.7. The maximum absolute atomic E-state index is 5.79. The first-order valence-electron chi connectivity index (χ1n) is 10.9. The molecule has 26 heavy (non-hydrogen) atoms. The van der Waals surface area contributed by atoms with E-state index in [-0.39, 0.29) is 0 Å². The summed E-state index contributed by atoms with van der Waals surface area (Å²) in [5.74, 6) is 0. The Labute approximate surface area is 161 Å². The molecule has 1 aromatic rings. The molecule has 0 amide bonds. The second-order valence-electron chi connectivity index (χ2n) is 7.66. The highest BCUT2D eigenvalue weighted by Crippen LogP contribution is 2.15. The minimum absolute atomic E-state index is 0.605. The van der Waals surface area contributed by atoms with Crippen LogP contribution in [-0.2, 0) is 11.3 Å². The van der Waals surface area contributed by atoms with Crippen LogP contribution in [0.15, 0.2) is 18.2 Å². The molecule has 150 valence electrons. The molecule has 0 aliphatic rings. The molecular formula is C23H42N2O. The lowest BCUT2D eigenvalue weighted by Gasteiger charge is -2.07. The lowest BCUT2D eigenvalue weighted by Crippen LogP contribution is -1.98. The highest BCUT2D eigenvalue weighted by molar-refractivity contribution is 5.54. The molecule has 0 atom stereocenters. The van der Waals surface area contributed by atoms with Crippen molar-refractivity contribution in [3.63, 3.8) is 0 Å². The summed E-state index contributed by atoms with van der Waals surface area (Å²) in [5.41, 5.74) is 14.0. The third-order valence-electron chi connectivity index (χ3n) is 4.95. The number of ether oxygens (including phenoxy) is 1. The van der Waals surface area contributed by atoms with Crippen molar-refractivity contribution in [2.45, 2.75) is 103 Å². The van der Waals surface area contributed by atoms with Crippen molar-refractivity contribution in [1.29, 1.82) is 0 Å². The van der Waals surface area contributed by atoms with E-state index in [1.807, 2.05) is 12.1 Å². The van der Waals surface area contributed by atoms with Crippen LogP contribution in [0.4, 0.5) is 11.4 Å². The van der Waals surface area contributed by atoms with E-state index in [1.54, 1.807) is 6.07 Å². The van der Waals surface area contributed by atoms with Crippen molar-refractivity contribution in [2.24, 2.45) is 0 Å².